The van der Waals surface area contributed by atoms with E-state index in [1.807, 2.05) is 36.8 Å². The smallest absolute Gasteiger partial charge is 0.341 e. The first-order chi connectivity index (χ1) is 20.1. The van der Waals surface area contributed by atoms with Gasteiger partial charge < -0.3 is 4.98 Å². The van der Waals surface area contributed by atoms with Gasteiger partial charge in [0.05, 0.1) is 34.8 Å². The Morgan fingerprint density at radius 2 is 1.74 bits per heavy atom. The van der Waals surface area contributed by atoms with Gasteiger partial charge in [-0.15, -0.1) is 0 Å². The average Bonchev–Trinajstić information content (AvgIpc) is 3.53. The largest absolute Gasteiger partial charge is 0.416 e. The normalized spacial score (nSPS) is 17.5. The van der Waals surface area contributed by atoms with E-state index in [1.165, 1.54) is 0 Å². The van der Waals surface area contributed by atoms with Crippen molar-refractivity contribution in [2.24, 2.45) is 0 Å². The Morgan fingerprint density at radius 1 is 1.02 bits per heavy atom. The molecule has 2 atom stereocenters. The first-order valence-electron chi connectivity index (χ1n) is 13.1. The summed E-state index contributed by atoms with van der Waals surface area (Å²) in [5.41, 5.74) is 3.41. The van der Waals surface area contributed by atoms with Crippen LogP contribution >= 0.6 is 0 Å². The second-order valence-electron chi connectivity index (χ2n) is 10.4. The molecule has 1 aliphatic rings. The van der Waals surface area contributed by atoms with Crippen molar-refractivity contribution in [3.05, 3.63) is 107 Å². The van der Waals surface area contributed by atoms with Gasteiger partial charge in [0.15, 0.2) is 0 Å². The van der Waals surface area contributed by atoms with Crippen LogP contribution in [-0.4, -0.2) is 32.7 Å². The Hall–Kier alpha value is -4.01. The Kier molecular flexibility index (Phi) is 7.96. The molecule has 0 aliphatic carbocycles. The molecule has 2 heterocycles. The van der Waals surface area contributed by atoms with Crippen LogP contribution in [0.25, 0.3) is 11.3 Å². The summed E-state index contributed by atoms with van der Waals surface area (Å²) < 4.78 is 95.6. The summed E-state index contributed by atoms with van der Waals surface area (Å²) in [6, 6.07) is 14.5. The molecule has 5 rings (SSSR count). The maximum Gasteiger partial charge on any atom is 0.416 e. The van der Waals surface area contributed by atoms with Gasteiger partial charge in [0.25, 0.3) is 0 Å². The van der Waals surface area contributed by atoms with Crippen LogP contribution in [-0.2, 0) is 37.4 Å². The highest BCUT2D eigenvalue weighted by atomic mass is 32.2. The van der Waals surface area contributed by atoms with Crippen molar-refractivity contribution in [2.75, 3.05) is 0 Å². The molecule has 14 heteroatoms. The lowest BCUT2D eigenvalue weighted by Gasteiger charge is -2.18. The number of hydrogen-bond acceptors (Lipinski definition) is 6. The maximum absolute atomic E-state index is 13.3. The fourth-order valence-corrected chi connectivity index (χ4v) is 7.48. The Morgan fingerprint density at radius 3 is 2.37 bits per heavy atom. The predicted octanol–water partition coefficient (Wildman–Crippen LogP) is 4.87. The fraction of sp³-hybridized carbons (Fsp3) is 0.241. The van der Waals surface area contributed by atoms with E-state index >= 15 is 0 Å². The van der Waals surface area contributed by atoms with Gasteiger partial charge in [0.2, 0.25) is 26.0 Å². The summed E-state index contributed by atoms with van der Waals surface area (Å²) in [5, 5.41) is -1.05. The molecule has 0 spiro atoms. The Bertz CT molecular complexity index is 1900. The van der Waals surface area contributed by atoms with Crippen LogP contribution in [0.3, 0.4) is 0 Å². The van der Waals surface area contributed by atoms with E-state index in [0.717, 1.165) is 34.9 Å². The highest BCUT2D eigenvalue weighted by molar-refractivity contribution is 7.90. The number of carbonyl (C=O) groups is 1. The fourth-order valence-electron chi connectivity index (χ4n) is 4.81. The van der Waals surface area contributed by atoms with Gasteiger partial charge in [0, 0.05) is 0 Å². The quantitative estimate of drug-likeness (QED) is 0.254. The lowest BCUT2D eigenvalue weighted by atomic mass is 10.0. The summed E-state index contributed by atoms with van der Waals surface area (Å²) in [6.07, 6.45) is -3.38. The monoisotopic (exact) mass is 632 g/mol. The van der Waals surface area contributed by atoms with Gasteiger partial charge in [-0.3, -0.25) is 9.52 Å². The Labute approximate surface area is 246 Å². The highest BCUT2D eigenvalue weighted by Gasteiger charge is 2.38. The number of hydrogen-bond donors (Lipinski definition) is 3. The number of nitrogens with one attached hydrogen (secondary N) is 3. The van der Waals surface area contributed by atoms with Gasteiger partial charge in [-0.25, -0.2) is 26.5 Å². The van der Waals surface area contributed by atoms with Crippen molar-refractivity contribution < 1.29 is 34.8 Å². The van der Waals surface area contributed by atoms with Crippen LogP contribution in [0.15, 0.2) is 77.8 Å². The molecule has 1 amide bonds. The summed E-state index contributed by atoms with van der Waals surface area (Å²) in [7, 11) is -8.31. The maximum atomic E-state index is 13.3. The molecular formula is C29H27F3N4O5S2. The molecule has 1 saturated heterocycles. The van der Waals surface area contributed by atoms with Crippen LogP contribution in [0.5, 0.6) is 0 Å². The number of alkyl halides is 3. The summed E-state index contributed by atoms with van der Waals surface area (Å²) >= 11 is 0. The molecule has 43 heavy (non-hydrogen) atoms. The minimum Gasteiger partial charge on any atom is -0.341 e. The molecule has 0 bridgehead atoms. The van der Waals surface area contributed by atoms with Crippen LogP contribution in [0.4, 0.5) is 13.2 Å². The van der Waals surface area contributed by atoms with E-state index in [-0.39, 0.29) is 18.7 Å². The molecule has 0 saturated carbocycles. The minimum absolute atomic E-state index is 0.0208. The van der Waals surface area contributed by atoms with Gasteiger partial charge in [-0.05, 0) is 72.4 Å². The molecular weight excluding hydrogens is 605 g/mol. The van der Waals surface area contributed by atoms with E-state index in [4.69, 9.17) is 0 Å². The third-order valence-electron chi connectivity index (χ3n) is 7.31. The number of carbonyl (C=O) groups excluding carboxylic acids is 1. The van der Waals surface area contributed by atoms with E-state index in [2.05, 4.69) is 14.7 Å². The Balaban J connectivity index is 1.48. The number of imidazole rings is 1. The topological polar surface area (TPSA) is 138 Å². The van der Waals surface area contributed by atoms with Gasteiger partial charge in [-0.2, -0.15) is 13.2 Å². The van der Waals surface area contributed by atoms with Crippen LogP contribution in [0.2, 0.25) is 0 Å². The average molecular weight is 633 g/mol. The van der Waals surface area contributed by atoms with E-state index in [9.17, 15) is 34.8 Å². The van der Waals surface area contributed by atoms with Crippen molar-refractivity contribution in [1.29, 1.82) is 0 Å². The van der Waals surface area contributed by atoms with Gasteiger partial charge in [-0.1, -0.05) is 42.5 Å². The zero-order chi connectivity index (χ0) is 31.2. The van der Waals surface area contributed by atoms with Crippen LogP contribution in [0, 0.1) is 13.8 Å². The molecule has 2 unspecified atom stereocenters. The molecule has 4 aromatic rings. The molecule has 9 nitrogen and oxygen atoms in total. The van der Waals surface area contributed by atoms with Crippen molar-refractivity contribution in [3.8, 4) is 11.3 Å². The predicted molar refractivity (Wildman–Crippen MR) is 153 cm³/mol. The lowest BCUT2D eigenvalue weighted by molar-refractivity contribution is -0.137. The summed E-state index contributed by atoms with van der Waals surface area (Å²) in [5.74, 6) is -0.378. The first-order valence-corrected chi connectivity index (χ1v) is 16.1. The lowest BCUT2D eigenvalue weighted by Crippen LogP contribution is -2.31. The molecule has 226 valence electrons. The van der Waals surface area contributed by atoms with Gasteiger partial charge >= 0.3 is 6.18 Å². The molecule has 1 aromatic heterocycles. The summed E-state index contributed by atoms with van der Waals surface area (Å²) in [4.78, 5) is 18.6. The second kappa shape index (κ2) is 11.2. The molecule has 0 radical (unpaired) electrons. The zero-order valence-corrected chi connectivity index (χ0v) is 24.6. The SMILES string of the molecule is Cc1ccc(-c2cnc(C(Cc3ccc(C4CC(=O)NS4(=O)=O)cc3)NS(=O)(=O)c3cccc(C(F)(F)F)c3)[nH]2)cc1C. The highest BCUT2D eigenvalue weighted by Crippen LogP contribution is 2.33. The number of nitrogens with zero attached hydrogens (tertiary/aromatic N) is 1. The number of benzene rings is 3. The van der Waals surface area contributed by atoms with Crippen LogP contribution < -0.4 is 9.44 Å². The van der Waals surface area contributed by atoms with Crippen molar-refractivity contribution in [3.63, 3.8) is 0 Å². The number of H-pyrrole nitrogens is 1. The van der Waals surface area contributed by atoms with Gasteiger partial charge in [0.1, 0.15) is 11.1 Å². The van der Waals surface area contributed by atoms with Crippen LogP contribution in [0.1, 0.15) is 51.4 Å². The van der Waals surface area contributed by atoms with Crippen molar-refractivity contribution >= 4 is 26.0 Å². The summed E-state index contributed by atoms with van der Waals surface area (Å²) in [6.45, 7) is 3.92. The number of rotatable bonds is 8. The number of amides is 1. The van der Waals surface area contributed by atoms with E-state index < -0.39 is 53.9 Å². The zero-order valence-electron chi connectivity index (χ0n) is 22.9. The van der Waals surface area contributed by atoms with Crippen molar-refractivity contribution in [2.45, 2.75) is 49.1 Å². The second-order valence-corrected chi connectivity index (χ2v) is 14.0. The number of sulfonamides is 2. The number of halogens is 3. The number of aromatic nitrogens is 2. The molecule has 3 N–H and O–H groups in total. The standard InChI is InChI=1S/C29H27F3N4O5S2/c1-17-6-9-21(12-18(17)2)25-16-33-28(34-25)24(35-42(38,39)23-5-3-4-22(14-23)29(30,31)32)13-19-7-10-20(11-8-19)26-15-27(37)36-43(26,40)41/h3-12,14,16,24,26,35H,13,15H2,1-2H3,(H,33,34)(H,36,37). The van der Waals surface area contributed by atoms with E-state index in [1.54, 1.807) is 30.5 Å². The van der Waals surface area contributed by atoms with E-state index in [0.29, 0.717) is 22.9 Å². The van der Waals surface area contributed by atoms with Crippen molar-refractivity contribution in [1.82, 2.24) is 19.4 Å². The third kappa shape index (κ3) is 6.65. The first kappa shape index (κ1) is 30.4. The molecule has 1 aliphatic heterocycles. The minimum atomic E-state index is -4.73. The number of aromatic amines is 1. The molecule has 1 fully saturated rings. The molecule has 3 aromatic carbocycles. The third-order valence-corrected chi connectivity index (χ3v) is 10.5. The number of aryl methyl sites for hydroxylation is 2.